The van der Waals surface area contributed by atoms with Gasteiger partial charge in [0.2, 0.25) is 0 Å². The largest absolute Gasteiger partial charge is 0.451 e. The Labute approximate surface area is 200 Å². The van der Waals surface area contributed by atoms with Crippen LogP contribution in [0.25, 0.3) is 11.1 Å². The van der Waals surface area contributed by atoms with E-state index in [1.807, 2.05) is 0 Å². The third-order valence-corrected chi connectivity index (χ3v) is 5.89. The zero-order valence-corrected chi connectivity index (χ0v) is 19.1. The fraction of sp³-hybridized carbons (Fsp3) is 0.375. The summed E-state index contributed by atoms with van der Waals surface area (Å²) in [6.07, 6.45) is 0.619. The molecule has 10 nitrogen and oxygen atoms in total. The monoisotopic (exact) mass is 484 g/mol. The van der Waals surface area contributed by atoms with E-state index in [9.17, 15) is 23.6 Å². The number of pyridine rings is 1. The molecule has 11 heteroatoms. The molecule has 2 atom stereocenters. The second kappa shape index (κ2) is 10.2. The predicted octanol–water partition coefficient (Wildman–Crippen LogP) is 2.19. The fourth-order valence-electron chi connectivity index (χ4n) is 4.06. The number of cyclic esters (lactones) is 1. The van der Waals surface area contributed by atoms with Crippen molar-refractivity contribution in [3.8, 4) is 11.1 Å². The van der Waals surface area contributed by atoms with Gasteiger partial charge in [0.25, 0.3) is 5.91 Å². The van der Waals surface area contributed by atoms with Gasteiger partial charge in [-0.25, -0.2) is 14.2 Å². The van der Waals surface area contributed by atoms with Gasteiger partial charge < -0.3 is 20.0 Å². The maximum absolute atomic E-state index is 15.0. The number of ether oxygens (including phenoxy) is 2. The molecule has 2 fully saturated rings. The number of nitrogens with zero attached hydrogens (tertiary/aromatic N) is 3. The number of benzene rings is 1. The van der Waals surface area contributed by atoms with Crippen molar-refractivity contribution < 1.29 is 33.0 Å². The molecule has 2 amide bonds. The molecule has 1 aromatic heterocycles. The van der Waals surface area contributed by atoms with Gasteiger partial charge >= 0.3 is 12.1 Å². The van der Waals surface area contributed by atoms with Crippen LogP contribution in [0.2, 0.25) is 0 Å². The van der Waals surface area contributed by atoms with Crippen LogP contribution in [0.1, 0.15) is 26.2 Å². The molecule has 184 valence electrons. The van der Waals surface area contributed by atoms with Crippen molar-refractivity contribution in [2.45, 2.75) is 38.4 Å². The van der Waals surface area contributed by atoms with Crippen molar-refractivity contribution in [3.63, 3.8) is 0 Å². The van der Waals surface area contributed by atoms with Gasteiger partial charge in [-0.2, -0.15) is 0 Å². The van der Waals surface area contributed by atoms with Crippen molar-refractivity contribution >= 4 is 35.3 Å². The Kier molecular flexibility index (Phi) is 7.06. The first-order chi connectivity index (χ1) is 16.8. The van der Waals surface area contributed by atoms with Gasteiger partial charge in [0.15, 0.2) is 6.10 Å². The number of ketones is 1. The minimum absolute atomic E-state index is 0.0125. The van der Waals surface area contributed by atoms with Crippen LogP contribution in [0.4, 0.5) is 20.7 Å². The molecule has 0 bridgehead atoms. The number of carbonyl (C=O) groups is 4. The number of rotatable bonds is 8. The molecule has 4 rings (SSSR count). The lowest BCUT2D eigenvalue weighted by Gasteiger charge is -2.17. The maximum Gasteiger partial charge on any atom is 0.414 e. The number of carbonyl (C=O) groups excluding carboxylic acids is 4. The van der Waals surface area contributed by atoms with Crippen molar-refractivity contribution in [2.24, 2.45) is 5.73 Å². The summed E-state index contributed by atoms with van der Waals surface area (Å²) < 4.78 is 25.3. The lowest BCUT2D eigenvalue weighted by atomic mass is 10.1. The first kappa shape index (κ1) is 24.3. The van der Waals surface area contributed by atoms with E-state index in [1.54, 1.807) is 24.3 Å². The molecule has 0 radical (unpaired) electrons. The average Bonchev–Trinajstić information content (AvgIpc) is 3.39. The number of esters is 1. The fourth-order valence-corrected chi connectivity index (χ4v) is 4.06. The summed E-state index contributed by atoms with van der Waals surface area (Å²) >= 11 is 0. The summed E-state index contributed by atoms with van der Waals surface area (Å²) in [4.78, 5) is 54.3. The topological polar surface area (TPSA) is 132 Å². The van der Waals surface area contributed by atoms with E-state index in [0.717, 1.165) is 0 Å². The smallest absolute Gasteiger partial charge is 0.414 e. The van der Waals surface area contributed by atoms with E-state index in [4.69, 9.17) is 15.2 Å². The SMILES string of the molecule is CC(=O)CC[C@H]1CN(c2ccc(-c3ccc(N4CCC(OC(=O)CN)C4=O)nc3)c(F)c2)C(=O)O1. The molecule has 1 aromatic carbocycles. The highest BCUT2D eigenvalue weighted by Gasteiger charge is 2.36. The van der Waals surface area contributed by atoms with Gasteiger partial charge in [-0.05, 0) is 43.7 Å². The third kappa shape index (κ3) is 5.29. The van der Waals surface area contributed by atoms with E-state index >= 15 is 0 Å². The van der Waals surface area contributed by atoms with Crippen LogP contribution in [0.15, 0.2) is 36.5 Å². The molecule has 0 aliphatic carbocycles. The molecular weight excluding hydrogens is 459 g/mol. The van der Waals surface area contributed by atoms with Gasteiger partial charge in [-0.1, -0.05) is 0 Å². The lowest BCUT2D eigenvalue weighted by molar-refractivity contribution is -0.152. The Morgan fingerprint density at radius 2 is 2.03 bits per heavy atom. The van der Waals surface area contributed by atoms with Crippen LogP contribution >= 0.6 is 0 Å². The van der Waals surface area contributed by atoms with Gasteiger partial charge in [0, 0.05) is 36.7 Å². The summed E-state index contributed by atoms with van der Waals surface area (Å²) in [5, 5.41) is 0. The number of hydrogen-bond acceptors (Lipinski definition) is 8. The predicted molar refractivity (Wildman–Crippen MR) is 123 cm³/mol. The second-order valence-electron chi connectivity index (χ2n) is 8.39. The number of hydrogen-bond donors (Lipinski definition) is 1. The van der Waals surface area contributed by atoms with Gasteiger partial charge in [-0.15, -0.1) is 0 Å². The highest BCUT2D eigenvalue weighted by molar-refractivity contribution is 5.99. The Balaban J connectivity index is 1.44. The first-order valence-electron chi connectivity index (χ1n) is 11.2. The average molecular weight is 484 g/mol. The lowest BCUT2D eigenvalue weighted by Crippen LogP contribution is -2.33. The van der Waals surface area contributed by atoms with Crippen LogP contribution < -0.4 is 15.5 Å². The van der Waals surface area contributed by atoms with Gasteiger partial charge in [0.1, 0.15) is 23.5 Å². The standard InChI is InChI=1S/C24H25FN4O6/c1-14(30)2-5-17-13-29(24(33)34-17)16-4-6-18(19(25)10-16)15-3-7-21(27-12-15)28-9-8-20(23(28)32)35-22(31)11-26/h3-4,6-7,10,12,17,20H,2,5,8-9,11,13,26H2,1H3/t17-,20?/m0/s1. The Hall–Kier alpha value is -3.86. The summed E-state index contributed by atoms with van der Waals surface area (Å²) in [6, 6.07) is 7.63. The van der Waals surface area contributed by atoms with Crippen LogP contribution in [-0.4, -0.2) is 60.6 Å². The number of halogens is 1. The number of Topliss-reactive ketones (excluding diaryl/α,β-unsaturated/α-hetero) is 1. The van der Waals surface area contributed by atoms with E-state index in [0.29, 0.717) is 42.9 Å². The maximum atomic E-state index is 15.0. The number of amides is 2. The molecule has 2 aliphatic heterocycles. The van der Waals surface area contributed by atoms with Gasteiger partial charge in [-0.3, -0.25) is 19.4 Å². The molecule has 0 spiro atoms. The Morgan fingerprint density at radius 1 is 1.23 bits per heavy atom. The zero-order valence-electron chi connectivity index (χ0n) is 19.1. The summed E-state index contributed by atoms with van der Waals surface area (Å²) in [7, 11) is 0. The summed E-state index contributed by atoms with van der Waals surface area (Å²) in [6.45, 7) is 1.74. The van der Waals surface area contributed by atoms with Crippen molar-refractivity contribution in [1.82, 2.24) is 4.98 Å². The number of aromatic nitrogens is 1. The molecule has 2 saturated heterocycles. The normalized spacial score (nSPS) is 19.7. The van der Waals surface area contributed by atoms with E-state index in [2.05, 4.69) is 4.98 Å². The van der Waals surface area contributed by atoms with Crippen molar-refractivity contribution in [1.29, 1.82) is 0 Å². The van der Waals surface area contributed by atoms with Crippen LogP contribution in [-0.2, 0) is 23.9 Å². The van der Waals surface area contributed by atoms with Gasteiger partial charge in [0.05, 0.1) is 18.8 Å². The molecule has 2 aromatic rings. The van der Waals surface area contributed by atoms with Crippen molar-refractivity contribution in [2.75, 3.05) is 29.4 Å². The molecule has 2 aliphatic rings. The van der Waals surface area contributed by atoms with Crippen LogP contribution in [0, 0.1) is 5.82 Å². The Morgan fingerprint density at radius 3 is 2.69 bits per heavy atom. The van der Waals surface area contributed by atoms with Crippen LogP contribution in [0.5, 0.6) is 0 Å². The molecule has 1 unspecified atom stereocenters. The minimum Gasteiger partial charge on any atom is -0.451 e. The van der Waals surface area contributed by atoms with Crippen molar-refractivity contribution in [3.05, 3.63) is 42.3 Å². The molecule has 3 heterocycles. The Bertz CT molecular complexity index is 1160. The number of nitrogens with two attached hydrogens (primary N) is 1. The number of anilines is 2. The van der Waals surface area contributed by atoms with E-state index < -0.39 is 30.1 Å². The minimum atomic E-state index is -0.892. The first-order valence-corrected chi connectivity index (χ1v) is 11.2. The van der Waals surface area contributed by atoms with E-state index in [1.165, 1.54) is 29.0 Å². The second-order valence-corrected chi connectivity index (χ2v) is 8.39. The zero-order chi connectivity index (χ0) is 25.1. The quantitative estimate of drug-likeness (QED) is 0.564. The molecule has 0 saturated carbocycles. The highest BCUT2D eigenvalue weighted by Crippen LogP contribution is 2.31. The summed E-state index contributed by atoms with van der Waals surface area (Å²) in [5.74, 6) is -1.22. The highest BCUT2D eigenvalue weighted by atomic mass is 19.1. The third-order valence-electron chi connectivity index (χ3n) is 5.89. The molecule has 35 heavy (non-hydrogen) atoms. The molecular formula is C24H25FN4O6. The van der Waals surface area contributed by atoms with E-state index in [-0.39, 0.29) is 30.3 Å². The molecule has 2 N–H and O–H groups in total. The summed E-state index contributed by atoms with van der Waals surface area (Å²) in [5.41, 5.74) is 6.34. The van der Waals surface area contributed by atoms with Crippen LogP contribution in [0.3, 0.4) is 0 Å².